The van der Waals surface area contributed by atoms with Crippen LogP contribution in [0, 0.1) is 5.92 Å². The van der Waals surface area contributed by atoms with Gasteiger partial charge in [-0.15, -0.1) is 0 Å². The summed E-state index contributed by atoms with van der Waals surface area (Å²) in [6.07, 6.45) is 7.32. The van der Waals surface area contributed by atoms with Crippen molar-refractivity contribution < 1.29 is 0 Å². The van der Waals surface area contributed by atoms with Gasteiger partial charge in [0, 0.05) is 38.0 Å². The quantitative estimate of drug-likeness (QED) is 0.888. The third kappa shape index (κ3) is 2.34. The van der Waals surface area contributed by atoms with Crippen molar-refractivity contribution in [1.29, 1.82) is 0 Å². The Bertz CT molecular complexity index is 477. The highest BCUT2D eigenvalue weighted by atomic mass is 15.2. The van der Waals surface area contributed by atoms with Gasteiger partial charge in [0.05, 0.1) is 5.69 Å². The Kier molecular flexibility index (Phi) is 2.91. The minimum atomic E-state index is 0.867. The van der Waals surface area contributed by atoms with E-state index in [1.54, 1.807) is 0 Å². The largest absolute Gasteiger partial charge is 0.356 e. The summed E-state index contributed by atoms with van der Waals surface area (Å²) in [7, 11) is 0. The molecule has 0 bridgehead atoms. The lowest BCUT2D eigenvalue weighted by molar-refractivity contribution is 0.599. The Morgan fingerprint density at radius 1 is 1.11 bits per heavy atom. The Labute approximate surface area is 114 Å². The minimum absolute atomic E-state index is 0.867. The topological polar surface area (TPSA) is 41.1 Å². The van der Waals surface area contributed by atoms with Crippen LogP contribution in [-0.2, 0) is 19.3 Å². The van der Waals surface area contributed by atoms with Gasteiger partial charge in [-0.2, -0.15) is 0 Å². The van der Waals surface area contributed by atoms with E-state index in [1.165, 1.54) is 49.4 Å². The van der Waals surface area contributed by atoms with E-state index in [1.807, 2.05) is 0 Å². The van der Waals surface area contributed by atoms with Crippen molar-refractivity contribution in [3.63, 3.8) is 0 Å². The molecule has 1 aromatic rings. The normalized spacial score (nSPS) is 22.6. The average Bonchev–Trinajstić information content (AvgIpc) is 3.13. The van der Waals surface area contributed by atoms with E-state index >= 15 is 0 Å². The highest BCUT2D eigenvalue weighted by Gasteiger charge is 2.27. The smallest absolute Gasteiger partial charge is 0.135 e. The third-order valence-corrected chi connectivity index (χ3v) is 4.53. The summed E-state index contributed by atoms with van der Waals surface area (Å²) in [5, 5.41) is 3.48. The predicted octanol–water partition coefficient (Wildman–Crippen LogP) is 1.33. The highest BCUT2D eigenvalue weighted by Crippen LogP contribution is 2.33. The van der Waals surface area contributed by atoms with Gasteiger partial charge in [-0.25, -0.2) is 9.97 Å². The molecule has 1 N–H and O–H groups in total. The van der Waals surface area contributed by atoms with Crippen LogP contribution in [0.3, 0.4) is 0 Å². The summed E-state index contributed by atoms with van der Waals surface area (Å²) in [6, 6.07) is 0. The van der Waals surface area contributed by atoms with Crippen molar-refractivity contribution in [3.05, 3.63) is 17.1 Å². The van der Waals surface area contributed by atoms with Crippen LogP contribution >= 0.6 is 0 Å². The fraction of sp³-hybridized carbons (Fsp3) is 0.733. The molecule has 0 amide bonds. The maximum Gasteiger partial charge on any atom is 0.135 e. The number of nitrogens with zero attached hydrogens (tertiary/aromatic N) is 3. The first kappa shape index (κ1) is 11.6. The molecule has 0 aromatic carbocycles. The van der Waals surface area contributed by atoms with Gasteiger partial charge in [-0.1, -0.05) is 0 Å². The molecule has 4 heteroatoms. The number of anilines is 1. The van der Waals surface area contributed by atoms with Crippen molar-refractivity contribution in [2.45, 2.75) is 38.5 Å². The molecule has 1 aromatic heterocycles. The summed E-state index contributed by atoms with van der Waals surface area (Å²) >= 11 is 0. The van der Waals surface area contributed by atoms with Gasteiger partial charge >= 0.3 is 0 Å². The lowest BCUT2D eigenvalue weighted by Crippen LogP contribution is -2.39. The van der Waals surface area contributed by atoms with E-state index in [4.69, 9.17) is 9.97 Å². The molecule has 0 spiro atoms. The third-order valence-electron chi connectivity index (χ3n) is 4.53. The molecular weight excluding hydrogens is 236 g/mol. The predicted molar refractivity (Wildman–Crippen MR) is 75.6 cm³/mol. The molecule has 0 unspecified atom stereocenters. The Morgan fingerprint density at radius 3 is 2.68 bits per heavy atom. The maximum absolute atomic E-state index is 4.92. The van der Waals surface area contributed by atoms with Crippen LogP contribution in [0.25, 0.3) is 0 Å². The van der Waals surface area contributed by atoms with Crippen LogP contribution in [0.1, 0.15) is 36.3 Å². The Morgan fingerprint density at radius 2 is 1.95 bits per heavy atom. The van der Waals surface area contributed by atoms with Crippen molar-refractivity contribution in [3.8, 4) is 0 Å². The van der Waals surface area contributed by atoms with Crippen LogP contribution in [0.15, 0.2) is 0 Å². The molecule has 19 heavy (non-hydrogen) atoms. The molecule has 3 aliphatic rings. The summed E-state index contributed by atoms with van der Waals surface area (Å²) in [4.78, 5) is 12.2. The number of rotatable bonds is 3. The second-order valence-corrected chi connectivity index (χ2v) is 6.13. The van der Waals surface area contributed by atoms with Gasteiger partial charge in [0.2, 0.25) is 0 Å². The van der Waals surface area contributed by atoms with Crippen molar-refractivity contribution in [1.82, 2.24) is 15.3 Å². The summed E-state index contributed by atoms with van der Waals surface area (Å²) in [5.41, 5.74) is 2.74. The molecule has 1 saturated carbocycles. The lowest BCUT2D eigenvalue weighted by atomic mass is 10.1. The van der Waals surface area contributed by atoms with Crippen LogP contribution in [-0.4, -0.2) is 36.1 Å². The number of fused-ring (bicyclic) bond motifs is 1. The SMILES string of the molecule is C1CN(c2nc(CC3CC3)nc3c2CCNCC3)C1. The zero-order valence-corrected chi connectivity index (χ0v) is 11.5. The minimum Gasteiger partial charge on any atom is -0.356 e. The average molecular weight is 258 g/mol. The molecule has 1 saturated heterocycles. The molecule has 0 radical (unpaired) electrons. The van der Waals surface area contributed by atoms with Crippen LogP contribution < -0.4 is 10.2 Å². The molecule has 0 atom stereocenters. The molecule has 4 nitrogen and oxygen atoms in total. The Hall–Kier alpha value is -1.16. The van der Waals surface area contributed by atoms with Gasteiger partial charge in [0.15, 0.2) is 0 Å². The number of hydrogen-bond donors (Lipinski definition) is 1. The molecule has 4 rings (SSSR count). The van der Waals surface area contributed by atoms with Crippen LogP contribution in [0.4, 0.5) is 5.82 Å². The molecule has 2 fully saturated rings. The van der Waals surface area contributed by atoms with E-state index in [9.17, 15) is 0 Å². The monoisotopic (exact) mass is 258 g/mol. The second-order valence-electron chi connectivity index (χ2n) is 6.13. The fourth-order valence-electron chi connectivity index (χ4n) is 3.04. The summed E-state index contributed by atoms with van der Waals surface area (Å²) < 4.78 is 0. The maximum atomic E-state index is 4.92. The van der Waals surface area contributed by atoms with Crippen molar-refractivity contribution in [2.24, 2.45) is 5.92 Å². The zero-order chi connectivity index (χ0) is 12.7. The summed E-state index contributed by atoms with van der Waals surface area (Å²) in [5.74, 6) is 3.23. The Balaban J connectivity index is 1.71. The van der Waals surface area contributed by atoms with E-state index in [-0.39, 0.29) is 0 Å². The highest BCUT2D eigenvalue weighted by molar-refractivity contribution is 5.51. The first-order valence-electron chi connectivity index (χ1n) is 7.74. The first-order chi connectivity index (χ1) is 9.40. The van der Waals surface area contributed by atoms with Crippen LogP contribution in [0.2, 0.25) is 0 Å². The number of nitrogens with one attached hydrogen (secondary N) is 1. The first-order valence-corrected chi connectivity index (χ1v) is 7.74. The molecular formula is C15H22N4. The molecule has 102 valence electrons. The van der Waals surface area contributed by atoms with Crippen molar-refractivity contribution >= 4 is 5.82 Å². The van der Waals surface area contributed by atoms with Crippen LogP contribution in [0.5, 0.6) is 0 Å². The van der Waals surface area contributed by atoms with Gasteiger partial charge in [-0.05, 0) is 38.1 Å². The summed E-state index contributed by atoms with van der Waals surface area (Å²) in [6.45, 7) is 4.49. The van der Waals surface area contributed by atoms with E-state index < -0.39 is 0 Å². The molecule has 3 heterocycles. The molecule has 2 aliphatic heterocycles. The van der Waals surface area contributed by atoms with E-state index in [0.717, 1.165) is 44.1 Å². The number of aromatic nitrogens is 2. The van der Waals surface area contributed by atoms with Gasteiger partial charge in [0.1, 0.15) is 11.6 Å². The molecule has 1 aliphatic carbocycles. The number of hydrogen-bond acceptors (Lipinski definition) is 4. The second kappa shape index (κ2) is 4.75. The van der Waals surface area contributed by atoms with Crippen molar-refractivity contribution in [2.75, 3.05) is 31.1 Å². The van der Waals surface area contributed by atoms with Gasteiger partial charge in [0.25, 0.3) is 0 Å². The lowest BCUT2D eigenvalue weighted by Gasteiger charge is -2.34. The zero-order valence-electron chi connectivity index (χ0n) is 11.5. The van der Waals surface area contributed by atoms with Gasteiger partial charge < -0.3 is 10.2 Å². The van der Waals surface area contributed by atoms with Gasteiger partial charge in [-0.3, -0.25) is 0 Å². The van der Waals surface area contributed by atoms with E-state index in [0.29, 0.717) is 0 Å². The standard InChI is InChI=1S/C15H22N4/c1-8-19(9-1)15-12-4-6-16-7-5-13(12)17-14(18-15)10-11-2-3-11/h11,16H,1-10H2. The fourth-order valence-corrected chi connectivity index (χ4v) is 3.04. The van der Waals surface area contributed by atoms with E-state index in [2.05, 4.69) is 10.2 Å².